The molecule has 0 aliphatic carbocycles. The van der Waals surface area contributed by atoms with Gasteiger partial charge in [-0.3, -0.25) is 23.7 Å². The third-order valence-electron chi connectivity index (χ3n) is 19.4. The Morgan fingerprint density at radius 3 is 1.38 bits per heavy atom. The topological polar surface area (TPSA) is 242 Å². The molecule has 636 valence electrons. The quantitative estimate of drug-likeness (QED) is 0.0181. The number of unbranched alkanes of at least 4 members (excludes halogenated alkanes) is 28. The van der Waals surface area contributed by atoms with Crippen molar-refractivity contribution in [3.8, 4) is 11.5 Å². The number of para-hydroxylation sites is 2. The minimum atomic E-state index is -5.21. The highest BCUT2D eigenvalue weighted by Gasteiger charge is 2.55. The van der Waals surface area contributed by atoms with Crippen LogP contribution in [0.1, 0.15) is 298 Å². The largest absolute Gasteiger partial charge is 0.588 e. The molecule has 1 fully saturated rings. The van der Waals surface area contributed by atoms with Crippen LogP contribution in [-0.4, -0.2) is 118 Å². The molecule has 27 heteroatoms. The molecule has 112 heavy (non-hydrogen) atoms. The molecule has 0 spiro atoms. The lowest BCUT2D eigenvalue weighted by atomic mass is 9.94. The summed E-state index contributed by atoms with van der Waals surface area (Å²) in [6.07, 6.45) is 20.0. The molecule has 0 radical (unpaired) electrons. The Labute approximate surface area is 698 Å². The summed E-state index contributed by atoms with van der Waals surface area (Å²) in [5.41, 5.74) is -0.962. The Hall–Kier alpha value is -4.31. The molecule has 1 saturated heterocycles. The molecular formula is C85H130Cl6NO19P. The summed E-state index contributed by atoms with van der Waals surface area (Å²) in [4.78, 5) is 87.1. The Bertz CT molecular complexity index is 3020. The fourth-order valence-corrected chi connectivity index (χ4v) is 14.5. The van der Waals surface area contributed by atoms with Crippen LogP contribution in [-0.2, 0) is 77.5 Å². The van der Waals surface area contributed by atoms with Gasteiger partial charge >= 0.3 is 38.0 Å². The minimum absolute atomic E-state index is 0.0212. The highest BCUT2D eigenvalue weighted by molar-refractivity contribution is 7.49. The number of benzene rings is 3. The van der Waals surface area contributed by atoms with Crippen LogP contribution in [0.3, 0.4) is 0 Å². The zero-order valence-corrected chi connectivity index (χ0v) is 72.8. The summed E-state index contributed by atoms with van der Waals surface area (Å²) in [5.74, 6) is -3.42. The van der Waals surface area contributed by atoms with Crippen molar-refractivity contribution in [2.24, 2.45) is 5.92 Å². The Morgan fingerprint density at radius 1 is 0.509 bits per heavy atom. The van der Waals surface area contributed by atoms with Gasteiger partial charge in [0.2, 0.25) is 7.59 Å². The van der Waals surface area contributed by atoms with Gasteiger partial charge in [-0.15, -0.1) is 0 Å². The summed E-state index contributed by atoms with van der Waals surface area (Å²) in [7, 11) is -5.21. The van der Waals surface area contributed by atoms with Crippen molar-refractivity contribution in [1.82, 2.24) is 5.32 Å². The molecule has 1 N–H and O–H groups in total. The lowest BCUT2D eigenvalue weighted by molar-refractivity contribution is -0.273. The monoisotopic (exact) mass is 1710 g/mol. The van der Waals surface area contributed by atoms with Crippen molar-refractivity contribution in [3.63, 3.8) is 0 Å². The summed E-state index contributed by atoms with van der Waals surface area (Å²) in [6, 6.07) is 23.3. The van der Waals surface area contributed by atoms with E-state index >= 15 is 14.2 Å². The van der Waals surface area contributed by atoms with E-state index in [9.17, 15) is 19.2 Å². The van der Waals surface area contributed by atoms with Gasteiger partial charge in [0.1, 0.15) is 61.0 Å². The van der Waals surface area contributed by atoms with Crippen molar-refractivity contribution in [2.75, 3.05) is 26.4 Å². The second-order valence-corrected chi connectivity index (χ2v) is 36.1. The van der Waals surface area contributed by atoms with Crippen LogP contribution in [0.25, 0.3) is 0 Å². The molecule has 0 unspecified atom stereocenters. The molecule has 1 amide bonds. The number of ketones is 1. The number of phosphoric ester groups is 1. The van der Waals surface area contributed by atoms with Crippen LogP contribution in [0, 0.1) is 5.92 Å². The molecule has 0 saturated carbocycles. The van der Waals surface area contributed by atoms with Crippen molar-refractivity contribution >= 4 is 113 Å². The number of nitrogens with one attached hydrogen (secondary N) is 1. The van der Waals surface area contributed by atoms with Crippen molar-refractivity contribution < 1.29 is 89.5 Å². The van der Waals surface area contributed by atoms with E-state index in [1.54, 1.807) is 36.4 Å². The zero-order chi connectivity index (χ0) is 81.7. The maximum Gasteiger partial charge on any atom is 0.588 e. The fourth-order valence-electron chi connectivity index (χ4n) is 12.8. The molecule has 0 aromatic heterocycles. The molecule has 0 bridgehead atoms. The normalized spacial score (nSPS) is 16.8. The van der Waals surface area contributed by atoms with Gasteiger partial charge in [0.05, 0.1) is 19.6 Å². The van der Waals surface area contributed by atoms with Crippen LogP contribution in [0.2, 0.25) is 0 Å². The van der Waals surface area contributed by atoms with Crippen molar-refractivity contribution in [2.45, 2.75) is 355 Å². The van der Waals surface area contributed by atoms with Crippen LogP contribution in [0.15, 0.2) is 91.0 Å². The van der Waals surface area contributed by atoms with Gasteiger partial charge in [-0.05, 0) is 88.6 Å². The number of hydrogen-bond acceptors (Lipinski definition) is 19. The SMILES string of the molecule is CCCCCCCCCCC[C@H](CC(=O)O[C@@H]1[C@@H](NC(=O)OCC(Cl)(Cl)Cl)[C@H](OC[C@H](CCOCc2ccccc2)C(=O)C[C@@H](CCCCCCCCCCC)OC(=O)CCCCCCCCC)O[C@H](COC(=O)OC(C)(C)C(Cl)(Cl)Cl)[C@H]1OP(=O)(Oc1ccccc1)Oc1ccccc1)OC(=O)CCCCCCCCC. The first-order valence-corrected chi connectivity index (χ1v) is 45.2. The molecule has 1 aliphatic rings. The van der Waals surface area contributed by atoms with E-state index in [2.05, 4.69) is 33.0 Å². The first-order chi connectivity index (χ1) is 53.8. The highest BCUT2D eigenvalue weighted by atomic mass is 35.6. The van der Waals surface area contributed by atoms with E-state index in [0.29, 0.717) is 32.1 Å². The van der Waals surface area contributed by atoms with Gasteiger partial charge in [-0.25, -0.2) is 14.2 Å². The predicted molar refractivity (Wildman–Crippen MR) is 444 cm³/mol. The third-order valence-corrected chi connectivity index (χ3v) is 22.5. The van der Waals surface area contributed by atoms with E-state index in [1.165, 1.54) is 57.4 Å². The van der Waals surface area contributed by atoms with Crippen molar-refractivity contribution in [3.05, 3.63) is 96.6 Å². The summed E-state index contributed by atoms with van der Waals surface area (Å²) >= 11 is 37.4. The molecule has 3 aromatic rings. The first-order valence-electron chi connectivity index (χ1n) is 41.5. The zero-order valence-electron chi connectivity index (χ0n) is 67.4. The van der Waals surface area contributed by atoms with Gasteiger partial charge in [-0.2, -0.15) is 0 Å². The molecule has 3 aromatic carbocycles. The lowest BCUT2D eigenvalue weighted by Crippen LogP contribution is -2.66. The minimum Gasteiger partial charge on any atom is -0.462 e. The molecular weight excluding hydrogens is 1580 g/mol. The smallest absolute Gasteiger partial charge is 0.462 e. The standard InChI is InChI=1S/C85H130Cl6NO19P/c1-7-11-15-19-23-25-29-31-40-54-70(104-74(94)56-46-33-27-21-17-13-9-3)60-72(93)67(58-59-100-62-66-48-38-35-39-49-66)63-101-80-77(92-81(97)103-65-84(86,87)88)79(107-76(96)61-71(55-41-32-30-26-24-20-16-12-8-2)105-75(95)57-47-34-28-22-18-14-10-4)78(73(106-80)64-102-82(98)108-83(5,6)85(89,90)91)111-112(99,109-68-50-42-36-43-51-68)110-69-52-44-37-45-53-69/h35-39,42-45,48-53,67,70-71,73,77-80H,7-34,40-41,46-47,54-65H2,1-6H3,(H,92,97)/t67-,70+,71+,73+,77+,78+,79+,80+/m0/s1. The van der Waals surface area contributed by atoms with E-state index in [-0.39, 0.29) is 62.6 Å². The number of alkyl halides is 6. The predicted octanol–water partition coefficient (Wildman–Crippen LogP) is 24.6. The number of amides is 1. The van der Waals surface area contributed by atoms with E-state index in [1.807, 2.05) is 30.3 Å². The molecule has 8 atom stereocenters. The number of esters is 3. The third kappa shape index (κ3) is 45.4. The second-order valence-electron chi connectivity index (χ2n) is 29.8. The van der Waals surface area contributed by atoms with E-state index < -0.39 is 126 Å². The van der Waals surface area contributed by atoms with Crippen LogP contribution in [0.4, 0.5) is 9.59 Å². The number of halogens is 6. The van der Waals surface area contributed by atoms with Crippen LogP contribution in [0.5, 0.6) is 11.5 Å². The average Bonchev–Trinajstić information content (AvgIpc) is 0.770. The second kappa shape index (κ2) is 58.5. The lowest BCUT2D eigenvalue weighted by Gasteiger charge is -2.45. The first kappa shape index (κ1) is 100. The highest BCUT2D eigenvalue weighted by Crippen LogP contribution is 2.53. The molecule has 20 nitrogen and oxygen atoms in total. The average molecular weight is 1710 g/mol. The number of rotatable bonds is 63. The Morgan fingerprint density at radius 2 is 0.938 bits per heavy atom. The van der Waals surface area contributed by atoms with Crippen LogP contribution < -0.4 is 14.4 Å². The number of phosphoric acid groups is 1. The number of hydrogen-bond donors (Lipinski definition) is 1. The number of carbonyl (C=O) groups is 6. The van der Waals surface area contributed by atoms with Crippen molar-refractivity contribution in [1.29, 1.82) is 0 Å². The number of Topliss-reactive ketones (excluding diaryl/α,β-unsaturated/α-hetero) is 1. The number of ether oxygens (including phenoxy) is 9. The summed E-state index contributed by atoms with van der Waals surface area (Å²) < 4.78 is 86.3. The number of alkyl carbamates (subject to hydrolysis) is 1. The maximum atomic E-state index is 16.0. The van der Waals surface area contributed by atoms with E-state index in [4.69, 9.17) is 126 Å². The van der Waals surface area contributed by atoms with Gasteiger partial charge in [0.25, 0.3) is 0 Å². The van der Waals surface area contributed by atoms with Gasteiger partial charge < -0.3 is 57.0 Å². The summed E-state index contributed by atoms with van der Waals surface area (Å²) in [5, 5.41) is 2.66. The van der Waals surface area contributed by atoms with Gasteiger partial charge in [0.15, 0.2) is 18.0 Å². The van der Waals surface area contributed by atoms with E-state index in [0.717, 1.165) is 166 Å². The molecule has 1 heterocycles. The Balaban J connectivity index is 1.94. The Kier molecular flexibility index (Phi) is 52.3. The van der Waals surface area contributed by atoms with Gasteiger partial charge in [0, 0.05) is 31.8 Å². The molecule has 1 aliphatic heterocycles. The maximum absolute atomic E-state index is 16.0. The van der Waals surface area contributed by atoms with Crippen LogP contribution >= 0.6 is 77.4 Å². The fraction of sp³-hybridized carbons (Fsp3) is 0.718. The number of carbonyl (C=O) groups excluding carboxylic acids is 6. The van der Waals surface area contributed by atoms with Gasteiger partial charge in [-0.1, -0.05) is 344 Å². The summed E-state index contributed by atoms with van der Waals surface area (Å²) in [6.45, 7) is 9.26. The molecule has 4 rings (SSSR count).